The number of nitrogens with one attached hydrogen (secondary N) is 1. The van der Waals surface area contributed by atoms with Gasteiger partial charge in [0.2, 0.25) is 0 Å². The molecule has 1 aromatic rings. The number of likely N-dealkylation sites (tertiary alicyclic amines) is 2. The monoisotopic (exact) mass is 497 g/mol. The molecule has 1 spiro atoms. The van der Waals surface area contributed by atoms with E-state index in [1.165, 1.54) is 11.1 Å². The minimum Gasteiger partial charge on any atom is -0.331 e. The van der Waals surface area contributed by atoms with Gasteiger partial charge >= 0.3 is 12.1 Å². The maximum Gasteiger partial charge on any atom is 0.319 e. The molecule has 36 heavy (non-hydrogen) atoms. The number of carbonyl (C=O) groups is 2. The third-order valence-electron chi connectivity index (χ3n) is 9.20. The van der Waals surface area contributed by atoms with Crippen LogP contribution in [0.2, 0.25) is 0 Å². The SMILES string of the molecule is CCC(CC1CCC(C)N1C(=O)N(C)C)N1CCC2(CC[C@@H](NC(=O)N(C)C)c3ccccc32)CC1. The summed E-state index contributed by atoms with van der Waals surface area (Å²) in [6.45, 7) is 6.71. The molecule has 4 atom stereocenters. The zero-order valence-electron chi connectivity index (χ0n) is 23.3. The fourth-order valence-corrected chi connectivity index (χ4v) is 7.03. The van der Waals surface area contributed by atoms with Crippen molar-refractivity contribution in [2.75, 3.05) is 41.3 Å². The quantitative estimate of drug-likeness (QED) is 0.634. The van der Waals surface area contributed by atoms with Gasteiger partial charge in [0, 0.05) is 46.3 Å². The standard InChI is InChI=1S/C29H47N5O2/c1-7-22(20-23-13-12-21(2)34(23)28(36)32(5)6)33-18-16-29(17-19-33)15-14-26(30-27(35)31(3)4)24-10-8-9-11-25(24)29/h8-11,21-23,26H,7,12-20H2,1-6H3,(H,30,35)/t21?,22?,23?,26-/m1/s1. The van der Waals surface area contributed by atoms with Crippen molar-refractivity contribution in [3.63, 3.8) is 0 Å². The fourth-order valence-electron chi connectivity index (χ4n) is 7.03. The molecule has 1 aromatic carbocycles. The van der Waals surface area contributed by atoms with E-state index in [2.05, 4.69) is 53.2 Å². The number of nitrogens with zero attached hydrogens (tertiary/aromatic N) is 4. The van der Waals surface area contributed by atoms with Gasteiger partial charge in [0.05, 0.1) is 6.04 Å². The lowest BCUT2D eigenvalue weighted by Gasteiger charge is -2.49. The van der Waals surface area contributed by atoms with E-state index in [9.17, 15) is 9.59 Å². The molecule has 3 unspecified atom stereocenters. The number of carbonyl (C=O) groups excluding carboxylic acids is 2. The fraction of sp³-hybridized carbons (Fsp3) is 0.724. The van der Waals surface area contributed by atoms with Gasteiger partial charge in [0.25, 0.3) is 0 Å². The number of hydrogen-bond acceptors (Lipinski definition) is 3. The van der Waals surface area contributed by atoms with Gasteiger partial charge < -0.3 is 24.9 Å². The molecule has 2 heterocycles. The number of fused-ring (bicyclic) bond motifs is 2. The molecule has 3 aliphatic rings. The summed E-state index contributed by atoms with van der Waals surface area (Å²) < 4.78 is 0. The highest BCUT2D eigenvalue weighted by Crippen LogP contribution is 2.48. The van der Waals surface area contributed by atoms with Crippen molar-refractivity contribution in [2.45, 2.75) is 94.8 Å². The lowest BCUT2D eigenvalue weighted by atomic mass is 9.63. The van der Waals surface area contributed by atoms with Crippen molar-refractivity contribution >= 4 is 12.1 Å². The van der Waals surface area contributed by atoms with Crippen LogP contribution in [0.4, 0.5) is 9.59 Å². The number of piperidine rings is 1. The van der Waals surface area contributed by atoms with Crippen molar-refractivity contribution < 1.29 is 9.59 Å². The molecule has 200 valence electrons. The molecule has 0 radical (unpaired) electrons. The Morgan fingerprint density at radius 1 is 1.03 bits per heavy atom. The highest BCUT2D eigenvalue weighted by atomic mass is 16.2. The highest BCUT2D eigenvalue weighted by molar-refractivity contribution is 5.75. The molecule has 1 N–H and O–H groups in total. The summed E-state index contributed by atoms with van der Waals surface area (Å²) in [6.07, 6.45) is 8.86. The third-order valence-corrected chi connectivity index (χ3v) is 9.20. The van der Waals surface area contributed by atoms with Crippen LogP contribution in [-0.4, -0.2) is 91.1 Å². The molecule has 2 fully saturated rings. The largest absolute Gasteiger partial charge is 0.331 e. The molecule has 7 nitrogen and oxygen atoms in total. The molecule has 4 rings (SSSR count). The normalized spacial score (nSPS) is 26.4. The molecule has 7 heteroatoms. The second-order valence-corrected chi connectivity index (χ2v) is 11.8. The molecule has 0 aromatic heterocycles. The first-order valence-corrected chi connectivity index (χ1v) is 14.0. The summed E-state index contributed by atoms with van der Waals surface area (Å²) in [4.78, 5) is 33.5. The number of amides is 4. The highest BCUT2D eigenvalue weighted by Gasteiger charge is 2.44. The smallest absolute Gasteiger partial charge is 0.319 e. The minimum absolute atomic E-state index is 0.0191. The Kier molecular flexibility index (Phi) is 8.18. The summed E-state index contributed by atoms with van der Waals surface area (Å²) in [5.41, 5.74) is 2.96. The summed E-state index contributed by atoms with van der Waals surface area (Å²) in [7, 11) is 7.33. The molecule has 1 aliphatic carbocycles. The Morgan fingerprint density at radius 2 is 1.72 bits per heavy atom. The van der Waals surface area contributed by atoms with Gasteiger partial charge in [-0.3, -0.25) is 0 Å². The average molecular weight is 498 g/mol. The van der Waals surface area contributed by atoms with Crippen molar-refractivity contribution in [1.82, 2.24) is 24.9 Å². The van der Waals surface area contributed by atoms with E-state index in [4.69, 9.17) is 0 Å². The first-order valence-electron chi connectivity index (χ1n) is 14.0. The van der Waals surface area contributed by atoms with Gasteiger partial charge in [-0.05, 0) is 87.9 Å². The van der Waals surface area contributed by atoms with Crippen molar-refractivity contribution in [2.24, 2.45) is 0 Å². The van der Waals surface area contributed by atoms with Crippen LogP contribution in [0.15, 0.2) is 24.3 Å². The Bertz CT molecular complexity index is 924. The van der Waals surface area contributed by atoms with Gasteiger partial charge in [-0.25, -0.2) is 9.59 Å². The topological polar surface area (TPSA) is 59.1 Å². The zero-order chi connectivity index (χ0) is 26.0. The maximum atomic E-state index is 12.9. The van der Waals surface area contributed by atoms with Gasteiger partial charge in [0.15, 0.2) is 0 Å². The Hall–Kier alpha value is -2.28. The van der Waals surface area contributed by atoms with Crippen LogP contribution in [0.1, 0.15) is 82.4 Å². The maximum absolute atomic E-state index is 12.9. The van der Waals surface area contributed by atoms with Gasteiger partial charge in [-0.2, -0.15) is 0 Å². The zero-order valence-corrected chi connectivity index (χ0v) is 23.3. The summed E-state index contributed by atoms with van der Waals surface area (Å²) in [5, 5.41) is 3.24. The van der Waals surface area contributed by atoms with Crippen LogP contribution in [0.25, 0.3) is 0 Å². The predicted molar refractivity (Wildman–Crippen MR) is 145 cm³/mol. The Morgan fingerprint density at radius 3 is 2.36 bits per heavy atom. The van der Waals surface area contributed by atoms with Crippen molar-refractivity contribution in [3.05, 3.63) is 35.4 Å². The molecule has 2 saturated heterocycles. The average Bonchev–Trinajstić information content (AvgIpc) is 3.24. The van der Waals surface area contributed by atoms with E-state index in [0.29, 0.717) is 18.1 Å². The second kappa shape index (κ2) is 11.0. The van der Waals surface area contributed by atoms with E-state index in [1.807, 2.05) is 14.1 Å². The summed E-state index contributed by atoms with van der Waals surface area (Å²) in [5.74, 6) is 0. The molecule has 0 bridgehead atoms. The molecular weight excluding hydrogens is 450 g/mol. The second-order valence-electron chi connectivity index (χ2n) is 11.8. The van der Waals surface area contributed by atoms with Gasteiger partial charge in [0.1, 0.15) is 0 Å². The Labute approximate surface area is 218 Å². The summed E-state index contributed by atoms with van der Waals surface area (Å²) in [6, 6.07) is 10.2. The lowest BCUT2D eigenvalue weighted by Crippen LogP contribution is -2.52. The predicted octanol–water partition coefficient (Wildman–Crippen LogP) is 4.83. The van der Waals surface area contributed by atoms with E-state index in [0.717, 1.165) is 64.5 Å². The van der Waals surface area contributed by atoms with Crippen LogP contribution >= 0.6 is 0 Å². The first-order chi connectivity index (χ1) is 17.2. The summed E-state index contributed by atoms with van der Waals surface area (Å²) >= 11 is 0. The Balaban J connectivity index is 1.44. The van der Waals surface area contributed by atoms with Crippen LogP contribution in [0.5, 0.6) is 0 Å². The number of rotatable bonds is 5. The van der Waals surface area contributed by atoms with Crippen LogP contribution in [0.3, 0.4) is 0 Å². The molecule has 0 saturated carbocycles. The van der Waals surface area contributed by atoms with Gasteiger partial charge in [-0.15, -0.1) is 0 Å². The van der Waals surface area contributed by atoms with Crippen molar-refractivity contribution in [1.29, 1.82) is 0 Å². The van der Waals surface area contributed by atoms with E-state index in [-0.39, 0.29) is 23.5 Å². The minimum atomic E-state index is -0.0191. The van der Waals surface area contributed by atoms with Crippen LogP contribution < -0.4 is 5.32 Å². The van der Waals surface area contributed by atoms with Crippen LogP contribution in [0, 0.1) is 0 Å². The lowest BCUT2D eigenvalue weighted by molar-refractivity contribution is 0.0779. The number of benzene rings is 1. The van der Waals surface area contributed by atoms with E-state index in [1.54, 1.807) is 23.9 Å². The van der Waals surface area contributed by atoms with E-state index < -0.39 is 0 Å². The van der Waals surface area contributed by atoms with Gasteiger partial charge in [-0.1, -0.05) is 31.2 Å². The van der Waals surface area contributed by atoms with Crippen LogP contribution in [-0.2, 0) is 5.41 Å². The van der Waals surface area contributed by atoms with E-state index >= 15 is 0 Å². The molecule has 2 aliphatic heterocycles. The molecular formula is C29H47N5O2. The first kappa shape index (κ1) is 26.8. The third kappa shape index (κ3) is 5.22. The molecule has 4 amide bonds. The van der Waals surface area contributed by atoms with Crippen molar-refractivity contribution in [3.8, 4) is 0 Å². The number of urea groups is 2. The number of hydrogen-bond donors (Lipinski definition) is 1.